The molecule has 12 heteroatoms. The predicted molar refractivity (Wildman–Crippen MR) is 95.5 cm³/mol. The van der Waals surface area contributed by atoms with E-state index in [4.69, 9.17) is 22.1 Å². The highest BCUT2D eigenvalue weighted by molar-refractivity contribution is 7.99. The lowest BCUT2D eigenvalue weighted by Crippen LogP contribution is -2.36. The second-order valence-electron chi connectivity index (χ2n) is 4.73. The van der Waals surface area contributed by atoms with E-state index in [1.807, 2.05) is 6.92 Å². The molecule has 1 rings (SSSR count). The van der Waals surface area contributed by atoms with Gasteiger partial charge in [0.05, 0.1) is 28.0 Å². The van der Waals surface area contributed by atoms with Crippen molar-refractivity contribution in [2.24, 2.45) is 5.73 Å². The molecule has 10 nitrogen and oxygen atoms in total. The number of nitrogens with two attached hydrogens (primary N) is 1. The molecule has 0 fully saturated rings. The number of hydrogen-bond acceptors (Lipinski definition) is 8. The van der Waals surface area contributed by atoms with Gasteiger partial charge in [0, 0.05) is 6.07 Å². The molecule has 0 spiro atoms. The van der Waals surface area contributed by atoms with E-state index in [2.05, 4.69) is 5.32 Å². The van der Waals surface area contributed by atoms with Crippen molar-refractivity contribution >= 4 is 46.3 Å². The number of nitrogens with zero attached hydrogens (tertiary/aromatic N) is 2. The third kappa shape index (κ3) is 5.18. The molecule has 0 saturated heterocycles. The Morgan fingerprint density at radius 1 is 1.44 bits per heavy atom. The van der Waals surface area contributed by atoms with Crippen LogP contribution in [-0.4, -0.2) is 40.4 Å². The standard InChI is InChI=1S/C13H17ClN4O6S/c1-3-25-5-4-8(15)13(19)16-10-7(14)6-9(17(20)21)12(24-2)11(10)18(22)23/h6,8H,3-5,15H2,1-2H3,(H,16,19)/t8-/m0/s1. The lowest BCUT2D eigenvalue weighted by atomic mass is 10.2. The normalized spacial score (nSPS) is 11.7. The number of thioether (sulfide) groups is 1. The summed E-state index contributed by atoms with van der Waals surface area (Å²) in [5.74, 6) is 0.220. The van der Waals surface area contributed by atoms with Crippen molar-refractivity contribution in [1.82, 2.24) is 0 Å². The van der Waals surface area contributed by atoms with Gasteiger partial charge in [-0.15, -0.1) is 0 Å². The van der Waals surface area contributed by atoms with Gasteiger partial charge >= 0.3 is 11.4 Å². The van der Waals surface area contributed by atoms with Crippen LogP contribution in [0.5, 0.6) is 5.75 Å². The van der Waals surface area contributed by atoms with E-state index in [-0.39, 0.29) is 5.02 Å². The number of benzene rings is 1. The minimum Gasteiger partial charge on any atom is -0.485 e. The summed E-state index contributed by atoms with van der Waals surface area (Å²) in [6.45, 7) is 1.96. The minimum atomic E-state index is -0.911. The second-order valence-corrected chi connectivity index (χ2v) is 6.53. The molecule has 25 heavy (non-hydrogen) atoms. The van der Waals surface area contributed by atoms with Crippen molar-refractivity contribution in [3.63, 3.8) is 0 Å². The van der Waals surface area contributed by atoms with Crippen LogP contribution in [-0.2, 0) is 4.79 Å². The number of amides is 1. The van der Waals surface area contributed by atoms with Gasteiger partial charge in [-0.25, -0.2) is 0 Å². The molecular weight excluding hydrogens is 376 g/mol. The Morgan fingerprint density at radius 3 is 2.56 bits per heavy atom. The molecule has 1 atom stereocenters. The van der Waals surface area contributed by atoms with E-state index in [9.17, 15) is 25.0 Å². The fraction of sp³-hybridized carbons (Fsp3) is 0.462. The van der Waals surface area contributed by atoms with E-state index in [1.54, 1.807) is 11.8 Å². The lowest BCUT2D eigenvalue weighted by Gasteiger charge is -2.14. The zero-order chi connectivity index (χ0) is 19.1. The smallest absolute Gasteiger partial charge is 0.343 e. The molecule has 3 N–H and O–H groups in total. The fourth-order valence-corrected chi connectivity index (χ4v) is 2.89. The van der Waals surface area contributed by atoms with Crippen LogP contribution in [0, 0.1) is 20.2 Å². The van der Waals surface area contributed by atoms with Crippen molar-refractivity contribution in [1.29, 1.82) is 0 Å². The maximum atomic E-state index is 12.2. The average Bonchev–Trinajstić information content (AvgIpc) is 2.55. The highest BCUT2D eigenvalue weighted by Crippen LogP contribution is 2.46. The largest absolute Gasteiger partial charge is 0.485 e. The SMILES string of the molecule is CCSCC[C@H](N)C(=O)Nc1c(Cl)cc([N+](=O)[O-])c(OC)c1[N+](=O)[O-]. The number of rotatable bonds is 9. The quantitative estimate of drug-likeness (QED) is 0.369. The number of anilines is 1. The summed E-state index contributed by atoms with van der Waals surface area (Å²) in [5, 5.41) is 24.3. The Labute approximate surface area is 152 Å². The summed E-state index contributed by atoms with van der Waals surface area (Å²) in [5.41, 5.74) is 3.88. The molecule has 1 amide bonds. The van der Waals surface area contributed by atoms with E-state index in [0.717, 1.165) is 18.9 Å². The predicted octanol–water partition coefficient (Wildman–Crippen LogP) is 2.57. The van der Waals surface area contributed by atoms with E-state index < -0.39 is 44.6 Å². The van der Waals surface area contributed by atoms with Gasteiger partial charge in [-0.2, -0.15) is 11.8 Å². The molecule has 0 aliphatic heterocycles. The summed E-state index contributed by atoms with van der Waals surface area (Å²) in [7, 11) is 1.04. The average molecular weight is 393 g/mol. The van der Waals surface area contributed by atoms with Crippen molar-refractivity contribution < 1.29 is 19.4 Å². The molecule has 0 saturated carbocycles. The summed E-state index contributed by atoms with van der Waals surface area (Å²) >= 11 is 7.50. The second kappa shape index (κ2) is 9.39. The molecule has 1 aromatic carbocycles. The Kier molecular flexibility index (Phi) is 7.87. The number of ether oxygens (including phenoxy) is 1. The van der Waals surface area contributed by atoms with Gasteiger partial charge < -0.3 is 15.8 Å². The molecule has 0 unspecified atom stereocenters. The first-order valence-electron chi connectivity index (χ1n) is 7.08. The van der Waals surface area contributed by atoms with Gasteiger partial charge in [0.1, 0.15) is 5.69 Å². The number of nitrogens with one attached hydrogen (secondary N) is 1. The van der Waals surface area contributed by atoms with Crippen LogP contribution in [0.25, 0.3) is 0 Å². The summed E-state index contributed by atoms with van der Waals surface area (Å²) in [6, 6.07) is -0.0301. The number of nitro groups is 2. The molecule has 0 aromatic heterocycles. The third-order valence-electron chi connectivity index (χ3n) is 3.13. The van der Waals surface area contributed by atoms with Crippen LogP contribution in [0.15, 0.2) is 6.07 Å². The summed E-state index contributed by atoms with van der Waals surface area (Å²) < 4.78 is 4.79. The maximum Gasteiger partial charge on any atom is 0.343 e. The molecule has 0 heterocycles. The van der Waals surface area contributed by atoms with Gasteiger partial charge in [0.25, 0.3) is 5.75 Å². The number of hydrogen-bond donors (Lipinski definition) is 2. The van der Waals surface area contributed by atoms with Crippen molar-refractivity contribution in [2.45, 2.75) is 19.4 Å². The van der Waals surface area contributed by atoms with Crippen LogP contribution in [0.4, 0.5) is 17.1 Å². The van der Waals surface area contributed by atoms with Crippen molar-refractivity contribution in [3.05, 3.63) is 31.3 Å². The highest BCUT2D eigenvalue weighted by atomic mass is 35.5. The Morgan fingerprint density at radius 2 is 2.08 bits per heavy atom. The zero-order valence-electron chi connectivity index (χ0n) is 13.5. The minimum absolute atomic E-state index is 0.359. The topological polar surface area (TPSA) is 151 Å². The van der Waals surface area contributed by atoms with Gasteiger partial charge in [0.2, 0.25) is 5.91 Å². The molecule has 0 radical (unpaired) electrons. The number of nitro benzene ring substituents is 2. The number of methoxy groups -OCH3 is 1. The van der Waals surface area contributed by atoms with Crippen LogP contribution < -0.4 is 15.8 Å². The first kappa shape index (κ1) is 20.9. The summed E-state index contributed by atoms with van der Waals surface area (Å²) in [4.78, 5) is 32.8. The summed E-state index contributed by atoms with van der Waals surface area (Å²) in [6.07, 6.45) is 0.361. The Balaban J connectivity index is 3.24. The molecule has 138 valence electrons. The van der Waals surface area contributed by atoms with Crippen molar-refractivity contribution in [2.75, 3.05) is 23.9 Å². The van der Waals surface area contributed by atoms with Gasteiger partial charge in [-0.1, -0.05) is 18.5 Å². The Hall–Kier alpha value is -2.11. The van der Waals surface area contributed by atoms with E-state index in [0.29, 0.717) is 12.2 Å². The monoisotopic (exact) mass is 392 g/mol. The molecule has 0 bridgehead atoms. The van der Waals surface area contributed by atoms with Gasteiger partial charge in [0.15, 0.2) is 0 Å². The zero-order valence-corrected chi connectivity index (χ0v) is 15.1. The molecule has 1 aromatic rings. The van der Waals surface area contributed by atoms with Crippen LogP contribution in [0.1, 0.15) is 13.3 Å². The number of carbonyl (C=O) groups excluding carboxylic acids is 1. The number of halogens is 1. The lowest BCUT2D eigenvalue weighted by molar-refractivity contribution is -0.395. The first-order chi connectivity index (χ1) is 11.7. The molecule has 0 aliphatic rings. The first-order valence-corrected chi connectivity index (χ1v) is 8.61. The van der Waals surface area contributed by atoms with Crippen molar-refractivity contribution in [3.8, 4) is 5.75 Å². The number of carbonyl (C=O) groups is 1. The highest BCUT2D eigenvalue weighted by Gasteiger charge is 2.34. The van der Waals surface area contributed by atoms with Gasteiger partial charge in [-0.3, -0.25) is 25.0 Å². The van der Waals surface area contributed by atoms with Crippen LogP contribution in [0.3, 0.4) is 0 Å². The maximum absolute atomic E-state index is 12.2. The Bertz CT molecular complexity index is 687. The van der Waals surface area contributed by atoms with Crippen LogP contribution >= 0.6 is 23.4 Å². The third-order valence-corrected chi connectivity index (χ3v) is 4.36. The molecule has 0 aliphatic carbocycles. The van der Waals surface area contributed by atoms with Crippen LogP contribution in [0.2, 0.25) is 5.02 Å². The fourth-order valence-electron chi connectivity index (χ4n) is 1.94. The van der Waals surface area contributed by atoms with E-state index >= 15 is 0 Å². The molecular formula is C13H17ClN4O6S. The van der Waals surface area contributed by atoms with E-state index in [1.165, 1.54) is 0 Å². The van der Waals surface area contributed by atoms with Gasteiger partial charge in [-0.05, 0) is 17.9 Å².